The van der Waals surface area contributed by atoms with Crippen molar-refractivity contribution in [3.05, 3.63) is 115 Å². The number of hydrogen-bond acceptors (Lipinski definition) is 0. The molecule has 0 aromatic heterocycles. The molecule has 2 saturated carbocycles. The van der Waals surface area contributed by atoms with Crippen LogP contribution in [0, 0.1) is 0 Å². The van der Waals surface area contributed by atoms with Gasteiger partial charge in [0, 0.05) is 0 Å². The maximum atomic E-state index is 2.62. The van der Waals surface area contributed by atoms with Crippen molar-refractivity contribution >= 4 is 31.8 Å². The fourth-order valence-corrected chi connectivity index (χ4v) is 13.7. The van der Waals surface area contributed by atoms with E-state index in [9.17, 15) is 0 Å². The molecule has 1 unspecified atom stereocenters. The van der Waals surface area contributed by atoms with E-state index in [1.165, 1.54) is 74.8 Å². The standard InChI is InChI=1S/C31H39P2.C5H5.Fe/c1-25(32(26-15-6-2-7-16-26)27-17-8-3-9-18-27)30-23-14-24-31(30)33(28-19-10-4-11-20-28)29-21-12-5-13-22-29;1-2-4-5-3-1;/h4-5,10-14,19-27H,2-3,6-9,15-18H2,1H3;1-5H;/q2*-1;+2. The fraction of sp³-hybridized carbons (Fsp3) is 0.389. The van der Waals surface area contributed by atoms with Crippen LogP contribution in [0.3, 0.4) is 0 Å². The van der Waals surface area contributed by atoms with Gasteiger partial charge in [0.1, 0.15) is 0 Å². The Hall–Kier alpha value is -1.48. The van der Waals surface area contributed by atoms with Crippen LogP contribution < -0.4 is 15.9 Å². The van der Waals surface area contributed by atoms with E-state index >= 15 is 0 Å². The fourth-order valence-electron chi connectivity index (χ4n) is 6.73. The van der Waals surface area contributed by atoms with Crippen LogP contribution in [-0.2, 0) is 17.1 Å². The summed E-state index contributed by atoms with van der Waals surface area (Å²) in [4.78, 5) is 0. The van der Waals surface area contributed by atoms with Crippen LogP contribution in [0.5, 0.6) is 0 Å². The molecule has 0 heterocycles. The third-order valence-electron chi connectivity index (χ3n) is 8.54. The van der Waals surface area contributed by atoms with E-state index in [1.54, 1.807) is 10.9 Å². The minimum absolute atomic E-state index is 0. The van der Waals surface area contributed by atoms with Crippen molar-refractivity contribution in [1.82, 2.24) is 0 Å². The molecule has 4 aromatic carbocycles. The van der Waals surface area contributed by atoms with Crippen LogP contribution in [-0.4, -0.2) is 11.3 Å². The smallest absolute Gasteiger partial charge is 0.214 e. The molecular weight excluding hydrogens is 550 g/mol. The normalized spacial score (nSPS) is 17.3. The average molecular weight is 595 g/mol. The van der Waals surface area contributed by atoms with Gasteiger partial charge in [-0.15, -0.1) is 18.8 Å². The third-order valence-corrected chi connectivity index (χ3v) is 15.0. The number of rotatable bonds is 7. The van der Waals surface area contributed by atoms with Gasteiger partial charge in [-0.05, 0) is 61.2 Å². The van der Waals surface area contributed by atoms with E-state index in [0.29, 0.717) is 5.66 Å². The molecule has 2 fully saturated rings. The predicted molar refractivity (Wildman–Crippen MR) is 172 cm³/mol. The molecule has 0 bridgehead atoms. The summed E-state index contributed by atoms with van der Waals surface area (Å²) in [6, 6.07) is 39.9. The summed E-state index contributed by atoms with van der Waals surface area (Å²) in [7, 11) is -0.489. The Balaban J connectivity index is 0.000000530. The Kier molecular flexibility index (Phi) is 12.6. The first-order valence-electron chi connectivity index (χ1n) is 14.9. The SMILES string of the molecule is CC([c-]1cccc1P(c1ccccc1)c1ccccc1)P(C1CCCCC1)C1CCCCC1.[Fe+2].c1cc[cH-]c1. The van der Waals surface area contributed by atoms with Crippen molar-refractivity contribution < 1.29 is 17.1 Å². The molecule has 4 aromatic rings. The first kappa shape index (κ1) is 30.5. The molecule has 0 amide bonds. The van der Waals surface area contributed by atoms with E-state index in [1.807, 2.05) is 30.3 Å². The van der Waals surface area contributed by atoms with Crippen molar-refractivity contribution in [2.75, 3.05) is 0 Å². The Morgan fingerprint density at radius 3 is 1.56 bits per heavy atom. The zero-order chi connectivity index (χ0) is 26.0. The molecule has 6 rings (SSSR count). The summed E-state index contributed by atoms with van der Waals surface area (Å²) in [6.45, 7) is 2.62. The maximum absolute atomic E-state index is 2.62. The molecule has 0 saturated heterocycles. The Morgan fingerprint density at radius 2 is 1.13 bits per heavy atom. The minimum Gasteiger partial charge on any atom is -0.214 e. The maximum Gasteiger partial charge on any atom is 2.00 e. The van der Waals surface area contributed by atoms with Crippen LogP contribution in [0.15, 0.2) is 109 Å². The quantitative estimate of drug-likeness (QED) is 0.114. The van der Waals surface area contributed by atoms with Gasteiger partial charge in [-0.25, -0.2) is 24.3 Å². The topological polar surface area (TPSA) is 0 Å². The molecule has 2 aliphatic rings. The van der Waals surface area contributed by atoms with Crippen molar-refractivity contribution in [3.63, 3.8) is 0 Å². The zero-order valence-electron chi connectivity index (χ0n) is 23.4. The van der Waals surface area contributed by atoms with Gasteiger partial charge in [0.25, 0.3) is 0 Å². The van der Waals surface area contributed by atoms with Crippen molar-refractivity contribution in [3.8, 4) is 0 Å². The monoisotopic (exact) mass is 594 g/mol. The van der Waals surface area contributed by atoms with E-state index in [-0.39, 0.29) is 25.0 Å². The van der Waals surface area contributed by atoms with Gasteiger partial charge < -0.3 is 0 Å². The summed E-state index contributed by atoms with van der Waals surface area (Å²) in [5.74, 6) is 0. The molecule has 1 atom stereocenters. The summed E-state index contributed by atoms with van der Waals surface area (Å²) < 4.78 is 0. The van der Waals surface area contributed by atoms with Gasteiger partial charge in [0.2, 0.25) is 0 Å². The first-order valence-corrected chi connectivity index (χ1v) is 17.8. The van der Waals surface area contributed by atoms with Crippen LogP contribution in [0.25, 0.3) is 0 Å². The first-order chi connectivity index (χ1) is 18.8. The Morgan fingerprint density at radius 1 is 0.641 bits per heavy atom. The van der Waals surface area contributed by atoms with Gasteiger partial charge in [-0.3, -0.25) is 0 Å². The largest absolute Gasteiger partial charge is 2.00 e. The molecule has 206 valence electrons. The second-order valence-corrected chi connectivity index (χ2v) is 16.4. The molecule has 0 spiro atoms. The molecule has 2 aliphatic carbocycles. The molecule has 0 radical (unpaired) electrons. The summed E-state index contributed by atoms with van der Waals surface area (Å²) in [6.07, 6.45) is 14.8. The number of benzene rings is 2. The Bertz CT molecular complexity index is 1080. The van der Waals surface area contributed by atoms with Gasteiger partial charge in [-0.1, -0.05) is 106 Å². The van der Waals surface area contributed by atoms with E-state index < -0.39 is 7.92 Å². The van der Waals surface area contributed by atoms with E-state index in [4.69, 9.17) is 0 Å². The van der Waals surface area contributed by atoms with Crippen molar-refractivity contribution in [2.24, 2.45) is 0 Å². The number of hydrogen-bond donors (Lipinski definition) is 0. The summed E-state index contributed by atoms with van der Waals surface area (Å²) >= 11 is 0. The molecule has 0 aliphatic heterocycles. The minimum atomic E-state index is -0.511. The summed E-state index contributed by atoms with van der Waals surface area (Å²) in [5, 5.41) is 4.59. The molecule has 0 nitrogen and oxygen atoms in total. The Labute approximate surface area is 250 Å². The summed E-state index contributed by atoms with van der Waals surface area (Å²) in [5.41, 5.74) is 4.38. The van der Waals surface area contributed by atoms with Gasteiger partial charge in [0.15, 0.2) is 0 Å². The van der Waals surface area contributed by atoms with Crippen LogP contribution in [0.4, 0.5) is 0 Å². The molecule has 3 heteroatoms. The van der Waals surface area contributed by atoms with Crippen LogP contribution >= 0.6 is 15.8 Å². The second kappa shape index (κ2) is 16.1. The average Bonchev–Trinajstić information content (AvgIpc) is 3.72. The van der Waals surface area contributed by atoms with Crippen LogP contribution in [0.2, 0.25) is 0 Å². The van der Waals surface area contributed by atoms with Crippen molar-refractivity contribution in [2.45, 2.75) is 88.1 Å². The van der Waals surface area contributed by atoms with Crippen molar-refractivity contribution in [1.29, 1.82) is 0 Å². The van der Waals surface area contributed by atoms with Gasteiger partial charge >= 0.3 is 17.1 Å². The zero-order valence-corrected chi connectivity index (χ0v) is 26.3. The molecular formula is C36H44FeP2. The van der Waals surface area contributed by atoms with E-state index in [2.05, 4.69) is 85.8 Å². The van der Waals surface area contributed by atoms with E-state index in [0.717, 1.165) is 11.3 Å². The van der Waals surface area contributed by atoms with Gasteiger partial charge in [0.05, 0.1) is 0 Å². The van der Waals surface area contributed by atoms with Crippen LogP contribution in [0.1, 0.15) is 82.4 Å². The molecule has 39 heavy (non-hydrogen) atoms. The third kappa shape index (κ3) is 8.05. The second-order valence-electron chi connectivity index (χ2n) is 11.0. The predicted octanol–water partition coefficient (Wildman–Crippen LogP) is 9.77. The van der Waals surface area contributed by atoms with Gasteiger partial charge in [-0.2, -0.15) is 24.3 Å². The molecule has 0 N–H and O–H groups in total.